The van der Waals surface area contributed by atoms with Gasteiger partial charge in [0.05, 0.1) is 12.4 Å². The molecular weight excluding hydrogens is 264 g/mol. The number of carbonyl (C=O) groups is 1. The standard InChI is InChI=1S/C13H13ClN4O/c14-11-8-15-9-12(17-11)18-13(19)16-7-6-10-4-2-1-3-5-10/h1-5,8-9H,6-7H2,(H2,16,17,18,19). The molecule has 2 N–H and O–H groups in total. The highest BCUT2D eigenvalue weighted by molar-refractivity contribution is 6.29. The number of hydrogen-bond donors (Lipinski definition) is 2. The maximum absolute atomic E-state index is 11.6. The first-order chi connectivity index (χ1) is 9.24. The quantitative estimate of drug-likeness (QED) is 0.902. The van der Waals surface area contributed by atoms with Crippen LogP contribution in [0, 0.1) is 0 Å². The molecule has 0 radical (unpaired) electrons. The van der Waals surface area contributed by atoms with Gasteiger partial charge >= 0.3 is 6.03 Å². The lowest BCUT2D eigenvalue weighted by Gasteiger charge is -2.06. The molecule has 1 aromatic carbocycles. The zero-order valence-corrected chi connectivity index (χ0v) is 10.9. The van der Waals surface area contributed by atoms with Crippen LogP contribution in [0.2, 0.25) is 5.15 Å². The molecule has 19 heavy (non-hydrogen) atoms. The van der Waals surface area contributed by atoms with E-state index in [1.807, 2.05) is 30.3 Å². The third-order valence-electron chi connectivity index (χ3n) is 2.39. The summed E-state index contributed by atoms with van der Waals surface area (Å²) in [4.78, 5) is 19.3. The van der Waals surface area contributed by atoms with Crippen molar-refractivity contribution in [1.82, 2.24) is 15.3 Å². The largest absolute Gasteiger partial charge is 0.337 e. The number of rotatable bonds is 4. The number of carbonyl (C=O) groups excluding carboxylic acids is 1. The maximum atomic E-state index is 11.6. The molecule has 0 bridgehead atoms. The second-order valence-electron chi connectivity index (χ2n) is 3.84. The van der Waals surface area contributed by atoms with Gasteiger partial charge in [0.15, 0.2) is 5.82 Å². The molecule has 2 aromatic rings. The second kappa shape index (κ2) is 6.70. The molecule has 6 heteroatoms. The van der Waals surface area contributed by atoms with Crippen molar-refractivity contribution in [3.63, 3.8) is 0 Å². The topological polar surface area (TPSA) is 66.9 Å². The number of nitrogens with one attached hydrogen (secondary N) is 2. The van der Waals surface area contributed by atoms with E-state index >= 15 is 0 Å². The number of halogens is 1. The molecule has 0 atom stereocenters. The van der Waals surface area contributed by atoms with Crippen LogP contribution in [-0.4, -0.2) is 22.5 Å². The summed E-state index contributed by atoms with van der Waals surface area (Å²) in [5.41, 5.74) is 1.17. The van der Waals surface area contributed by atoms with Crippen LogP contribution in [0.25, 0.3) is 0 Å². The number of benzene rings is 1. The van der Waals surface area contributed by atoms with Crippen molar-refractivity contribution in [3.8, 4) is 0 Å². The summed E-state index contributed by atoms with van der Waals surface area (Å²) in [7, 11) is 0. The summed E-state index contributed by atoms with van der Waals surface area (Å²) in [5.74, 6) is 0.324. The molecule has 0 saturated heterocycles. The van der Waals surface area contributed by atoms with Crippen LogP contribution < -0.4 is 10.6 Å². The van der Waals surface area contributed by atoms with E-state index in [-0.39, 0.29) is 11.2 Å². The number of aromatic nitrogens is 2. The van der Waals surface area contributed by atoms with Crippen LogP contribution in [0.1, 0.15) is 5.56 Å². The lowest BCUT2D eigenvalue weighted by Crippen LogP contribution is -2.30. The van der Waals surface area contributed by atoms with Crippen molar-refractivity contribution in [1.29, 1.82) is 0 Å². The minimum atomic E-state index is -0.326. The van der Waals surface area contributed by atoms with Crippen molar-refractivity contribution < 1.29 is 4.79 Å². The van der Waals surface area contributed by atoms with Gasteiger partial charge in [-0.2, -0.15) is 0 Å². The Morgan fingerprint density at radius 1 is 1.21 bits per heavy atom. The highest BCUT2D eigenvalue weighted by atomic mass is 35.5. The van der Waals surface area contributed by atoms with Gasteiger partial charge in [-0.1, -0.05) is 41.9 Å². The van der Waals surface area contributed by atoms with E-state index in [0.29, 0.717) is 12.4 Å². The monoisotopic (exact) mass is 276 g/mol. The van der Waals surface area contributed by atoms with Gasteiger partial charge in [-0.15, -0.1) is 0 Å². The number of amides is 2. The smallest absolute Gasteiger partial charge is 0.320 e. The van der Waals surface area contributed by atoms with Crippen LogP contribution in [-0.2, 0) is 6.42 Å². The first-order valence-electron chi connectivity index (χ1n) is 5.80. The van der Waals surface area contributed by atoms with Gasteiger partial charge < -0.3 is 5.32 Å². The summed E-state index contributed by atoms with van der Waals surface area (Å²) in [6.45, 7) is 0.545. The molecule has 0 aliphatic rings. The minimum Gasteiger partial charge on any atom is -0.337 e. The van der Waals surface area contributed by atoms with E-state index in [1.54, 1.807) is 0 Å². The highest BCUT2D eigenvalue weighted by Gasteiger charge is 2.03. The molecule has 1 aromatic heterocycles. The molecule has 2 rings (SSSR count). The molecular formula is C13H13ClN4O. The Bertz CT molecular complexity index is 547. The number of hydrogen-bond acceptors (Lipinski definition) is 3. The Kier molecular flexibility index (Phi) is 4.69. The molecule has 2 amide bonds. The van der Waals surface area contributed by atoms with E-state index < -0.39 is 0 Å². The fourth-order valence-corrected chi connectivity index (χ4v) is 1.68. The van der Waals surface area contributed by atoms with Gasteiger partial charge in [-0.25, -0.2) is 9.78 Å². The van der Waals surface area contributed by atoms with Crippen LogP contribution in [0.5, 0.6) is 0 Å². The second-order valence-corrected chi connectivity index (χ2v) is 4.23. The van der Waals surface area contributed by atoms with Crippen LogP contribution in [0.15, 0.2) is 42.7 Å². The minimum absolute atomic E-state index is 0.238. The maximum Gasteiger partial charge on any atom is 0.320 e. The molecule has 0 aliphatic heterocycles. The number of urea groups is 1. The Morgan fingerprint density at radius 3 is 2.74 bits per heavy atom. The van der Waals surface area contributed by atoms with Crippen molar-refractivity contribution in [2.24, 2.45) is 0 Å². The van der Waals surface area contributed by atoms with Crippen LogP contribution in [0.3, 0.4) is 0 Å². The van der Waals surface area contributed by atoms with E-state index in [0.717, 1.165) is 6.42 Å². The third kappa shape index (κ3) is 4.56. The highest BCUT2D eigenvalue weighted by Crippen LogP contribution is 2.06. The molecule has 1 heterocycles. The predicted molar refractivity (Wildman–Crippen MR) is 74.2 cm³/mol. The summed E-state index contributed by atoms with van der Waals surface area (Å²) in [5, 5.41) is 5.54. The van der Waals surface area contributed by atoms with Crippen LogP contribution in [0.4, 0.5) is 10.6 Å². The Labute approximate surface area is 116 Å². The predicted octanol–water partition coefficient (Wildman–Crippen LogP) is 2.49. The fourth-order valence-electron chi connectivity index (χ4n) is 1.53. The van der Waals surface area contributed by atoms with E-state index in [4.69, 9.17) is 11.6 Å². The summed E-state index contributed by atoms with van der Waals surface area (Å²) in [6.07, 6.45) is 3.61. The van der Waals surface area contributed by atoms with Crippen molar-refractivity contribution >= 4 is 23.4 Å². The first-order valence-corrected chi connectivity index (χ1v) is 6.18. The van der Waals surface area contributed by atoms with Gasteiger partial charge in [0.2, 0.25) is 0 Å². The van der Waals surface area contributed by atoms with Gasteiger partial charge in [-0.05, 0) is 12.0 Å². The molecule has 98 valence electrons. The zero-order chi connectivity index (χ0) is 13.5. The normalized spacial score (nSPS) is 9.95. The van der Waals surface area contributed by atoms with Gasteiger partial charge in [0.1, 0.15) is 5.15 Å². The first kappa shape index (κ1) is 13.3. The number of nitrogens with zero attached hydrogens (tertiary/aromatic N) is 2. The van der Waals surface area contributed by atoms with E-state index in [1.165, 1.54) is 18.0 Å². The molecule has 0 aliphatic carbocycles. The Balaban J connectivity index is 1.76. The molecule has 5 nitrogen and oxygen atoms in total. The molecule has 0 unspecified atom stereocenters. The summed E-state index contributed by atoms with van der Waals surface area (Å²) >= 11 is 5.67. The van der Waals surface area contributed by atoms with Crippen molar-refractivity contribution in [3.05, 3.63) is 53.4 Å². The van der Waals surface area contributed by atoms with Crippen molar-refractivity contribution in [2.75, 3.05) is 11.9 Å². The van der Waals surface area contributed by atoms with Gasteiger partial charge in [0.25, 0.3) is 0 Å². The van der Waals surface area contributed by atoms with Crippen LogP contribution >= 0.6 is 11.6 Å². The lowest BCUT2D eigenvalue weighted by atomic mass is 10.1. The molecule has 0 spiro atoms. The lowest BCUT2D eigenvalue weighted by molar-refractivity contribution is 0.252. The zero-order valence-electron chi connectivity index (χ0n) is 10.1. The average molecular weight is 277 g/mol. The van der Waals surface area contributed by atoms with E-state index in [9.17, 15) is 4.79 Å². The van der Waals surface area contributed by atoms with Crippen molar-refractivity contribution in [2.45, 2.75) is 6.42 Å². The fraction of sp³-hybridized carbons (Fsp3) is 0.154. The van der Waals surface area contributed by atoms with E-state index in [2.05, 4.69) is 20.6 Å². The Hall–Kier alpha value is -2.14. The molecule has 0 saturated carbocycles. The Morgan fingerprint density at radius 2 is 2.00 bits per heavy atom. The van der Waals surface area contributed by atoms with Gasteiger partial charge in [0, 0.05) is 6.54 Å². The summed E-state index contributed by atoms with van der Waals surface area (Å²) in [6, 6.07) is 9.60. The molecule has 0 fully saturated rings. The average Bonchev–Trinajstić information content (AvgIpc) is 2.40. The van der Waals surface area contributed by atoms with Gasteiger partial charge in [-0.3, -0.25) is 10.3 Å². The number of anilines is 1. The SMILES string of the molecule is O=C(NCCc1ccccc1)Nc1cncc(Cl)n1. The summed E-state index contributed by atoms with van der Waals surface area (Å²) < 4.78 is 0. The third-order valence-corrected chi connectivity index (χ3v) is 2.57.